The summed E-state index contributed by atoms with van der Waals surface area (Å²) in [5.41, 5.74) is 2.09. The lowest BCUT2D eigenvalue weighted by atomic mass is 9.73. The molecule has 2 N–H and O–H groups in total. The van der Waals surface area contributed by atoms with Crippen LogP contribution in [0.15, 0.2) is 54.6 Å². The first-order chi connectivity index (χ1) is 20.6. The van der Waals surface area contributed by atoms with Crippen LogP contribution in [0.4, 0.5) is 10.1 Å². The maximum Gasteiger partial charge on any atom is 0.336 e. The smallest absolute Gasteiger partial charge is 0.336 e. The standard InChI is InChI=1S/C33H31Cl2FN4O3/c1-17-21(31(41)42)11-12-24-29(17)39-14-13-25-26(30(39)38-24)27(22-7-4-8-23(35)28(22)36)33(2,40(25)16-18-9-10-18)32(43)37-20-6-3-5-19(34)15-20/h3-8,11-12,15,18,25-27H,9-10,13-14,16H2,1-2H3,(H,37,43)(H,41,42)/t25-,26+,27-,33+/m0/s1. The molecule has 3 aromatic carbocycles. The average molecular weight is 622 g/mol. The summed E-state index contributed by atoms with van der Waals surface area (Å²) in [7, 11) is 0. The molecule has 10 heteroatoms. The lowest BCUT2D eigenvalue weighted by Gasteiger charge is -2.40. The first-order valence-electron chi connectivity index (χ1n) is 14.6. The molecule has 222 valence electrons. The molecular formula is C33H31Cl2FN4O3. The maximum absolute atomic E-state index is 16.1. The van der Waals surface area contributed by atoms with Crippen molar-refractivity contribution in [1.82, 2.24) is 14.5 Å². The van der Waals surface area contributed by atoms with Crippen LogP contribution < -0.4 is 5.32 Å². The van der Waals surface area contributed by atoms with E-state index in [1.165, 1.54) is 6.07 Å². The number of hydrogen-bond donors (Lipinski definition) is 2. The van der Waals surface area contributed by atoms with Crippen molar-refractivity contribution < 1.29 is 19.1 Å². The molecule has 4 atom stereocenters. The van der Waals surface area contributed by atoms with Crippen LogP contribution in [0.3, 0.4) is 0 Å². The van der Waals surface area contributed by atoms with Gasteiger partial charge in [0.2, 0.25) is 5.91 Å². The zero-order chi connectivity index (χ0) is 30.2. The third-order valence-corrected chi connectivity index (χ3v) is 10.3. The number of nitrogens with one attached hydrogen (secondary N) is 1. The molecule has 3 aliphatic rings. The highest BCUT2D eigenvalue weighted by molar-refractivity contribution is 6.31. The summed E-state index contributed by atoms with van der Waals surface area (Å²) >= 11 is 12.6. The van der Waals surface area contributed by atoms with E-state index in [4.69, 9.17) is 28.2 Å². The van der Waals surface area contributed by atoms with E-state index < -0.39 is 23.2 Å². The molecule has 7 nitrogen and oxygen atoms in total. The first-order valence-corrected chi connectivity index (χ1v) is 15.4. The number of fused-ring (bicyclic) bond motifs is 5. The number of benzene rings is 3. The third-order valence-electron chi connectivity index (χ3n) is 9.75. The molecule has 7 rings (SSSR count). The molecule has 1 saturated carbocycles. The third kappa shape index (κ3) is 4.45. The van der Waals surface area contributed by atoms with Crippen LogP contribution in [-0.4, -0.2) is 49.6 Å². The van der Waals surface area contributed by atoms with E-state index >= 15 is 4.39 Å². The van der Waals surface area contributed by atoms with Gasteiger partial charge in [-0.2, -0.15) is 0 Å². The van der Waals surface area contributed by atoms with Gasteiger partial charge in [0, 0.05) is 41.7 Å². The molecule has 43 heavy (non-hydrogen) atoms. The molecule has 0 unspecified atom stereocenters. The van der Waals surface area contributed by atoms with Crippen molar-refractivity contribution in [3.63, 3.8) is 0 Å². The lowest BCUT2D eigenvalue weighted by Crippen LogP contribution is -2.56. The number of halogens is 3. The molecule has 3 heterocycles. The SMILES string of the molecule is Cc1c(C(=O)O)ccc2nc3n(c12)CC[C@H]1[C@@H]3[C@H](c2cccc(Cl)c2F)[C@](C)(C(=O)Nc2cccc(Cl)c2)N1CC1CC1. The quantitative estimate of drug-likeness (QED) is 0.237. The molecule has 2 aliphatic heterocycles. The predicted octanol–water partition coefficient (Wildman–Crippen LogP) is 7.25. The van der Waals surface area contributed by atoms with E-state index in [1.807, 2.05) is 6.92 Å². The Morgan fingerprint density at radius 2 is 1.88 bits per heavy atom. The van der Waals surface area contributed by atoms with E-state index in [0.29, 0.717) is 52.8 Å². The molecule has 0 radical (unpaired) electrons. The number of carbonyl (C=O) groups is 2. The van der Waals surface area contributed by atoms with E-state index in [0.717, 1.165) is 24.2 Å². The topological polar surface area (TPSA) is 87.5 Å². The Morgan fingerprint density at radius 1 is 1.12 bits per heavy atom. The van der Waals surface area contributed by atoms with Crippen LogP contribution >= 0.6 is 23.2 Å². The number of hydrogen-bond acceptors (Lipinski definition) is 4. The Balaban J connectivity index is 1.45. The van der Waals surface area contributed by atoms with Crippen molar-refractivity contribution in [3.05, 3.63) is 93.0 Å². The molecule has 4 aromatic rings. The fraction of sp³-hybridized carbons (Fsp3) is 0.364. The van der Waals surface area contributed by atoms with Gasteiger partial charge >= 0.3 is 5.97 Å². The normalized spacial score (nSPS) is 25.0. The van der Waals surface area contributed by atoms with Gasteiger partial charge in [0.25, 0.3) is 0 Å². The number of amides is 1. The van der Waals surface area contributed by atoms with Gasteiger partial charge in [0.05, 0.1) is 21.6 Å². The second-order valence-electron chi connectivity index (χ2n) is 12.2. The zero-order valence-corrected chi connectivity index (χ0v) is 25.3. The van der Waals surface area contributed by atoms with E-state index in [-0.39, 0.29) is 28.5 Å². The number of aromatic nitrogens is 2. The number of aromatic carboxylic acids is 1. The summed E-state index contributed by atoms with van der Waals surface area (Å²) in [5.74, 6) is -1.57. The van der Waals surface area contributed by atoms with Gasteiger partial charge in [-0.05, 0) is 86.6 Å². The number of carboxylic acids is 1. The molecule has 1 aromatic heterocycles. The van der Waals surface area contributed by atoms with Crippen molar-refractivity contribution in [1.29, 1.82) is 0 Å². The van der Waals surface area contributed by atoms with Crippen LogP contribution in [0.5, 0.6) is 0 Å². The molecule has 2 fully saturated rings. The van der Waals surface area contributed by atoms with Gasteiger partial charge in [-0.15, -0.1) is 0 Å². The monoisotopic (exact) mass is 620 g/mol. The van der Waals surface area contributed by atoms with Crippen LogP contribution in [0.2, 0.25) is 10.0 Å². The van der Waals surface area contributed by atoms with Crippen molar-refractivity contribution in [2.75, 3.05) is 11.9 Å². The molecule has 0 spiro atoms. The number of carboxylic acid groups (broad SMARTS) is 1. The van der Waals surface area contributed by atoms with Crippen LogP contribution in [0, 0.1) is 18.7 Å². The molecule has 1 saturated heterocycles. The number of imidazole rings is 1. The minimum atomic E-state index is -1.17. The van der Waals surface area contributed by atoms with E-state index in [2.05, 4.69) is 14.8 Å². The molecule has 1 aliphatic carbocycles. The van der Waals surface area contributed by atoms with Gasteiger partial charge in [-0.3, -0.25) is 9.69 Å². The van der Waals surface area contributed by atoms with Crippen LogP contribution in [-0.2, 0) is 11.3 Å². The van der Waals surface area contributed by atoms with Crippen molar-refractivity contribution in [2.45, 2.75) is 63.1 Å². The second-order valence-corrected chi connectivity index (χ2v) is 13.1. The number of anilines is 1. The highest BCUT2D eigenvalue weighted by Crippen LogP contribution is 2.58. The first kappa shape index (κ1) is 28.3. The van der Waals surface area contributed by atoms with Gasteiger partial charge < -0.3 is 15.0 Å². The fourth-order valence-corrected chi connectivity index (χ4v) is 7.96. The Hall–Kier alpha value is -3.46. The summed E-state index contributed by atoms with van der Waals surface area (Å²) in [5, 5.41) is 13.4. The van der Waals surface area contributed by atoms with Crippen molar-refractivity contribution in [3.8, 4) is 0 Å². The van der Waals surface area contributed by atoms with Gasteiger partial charge in [0.1, 0.15) is 17.2 Å². The molecule has 1 amide bonds. The van der Waals surface area contributed by atoms with Crippen molar-refractivity contribution >= 4 is 51.8 Å². The predicted molar refractivity (Wildman–Crippen MR) is 165 cm³/mol. The van der Waals surface area contributed by atoms with Gasteiger partial charge in [-0.25, -0.2) is 14.2 Å². The Morgan fingerprint density at radius 3 is 2.60 bits per heavy atom. The summed E-state index contributed by atoms with van der Waals surface area (Å²) in [6.45, 7) is 5.04. The largest absolute Gasteiger partial charge is 0.478 e. The minimum Gasteiger partial charge on any atom is -0.478 e. The molecule has 0 bridgehead atoms. The number of nitrogens with zero attached hydrogens (tertiary/aromatic N) is 3. The Bertz CT molecular complexity index is 1800. The number of aryl methyl sites for hydroxylation is 2. The Kier molecular flexibility index (Phi) is 6.80. The van der Waals surface area contributed by atoms with Crippen LogP contribution in [0.1, 0.15) is 65.3 Å². The van der Waals surface area contributed by atoms with Gasteiger partial charge in [0.15, 0.2) is 0 Å². The van der Waals surface area contributed by atoms with Gasteiger partial charge in [-0.1, -0.05) is 41.4 Å². The Labute approximate surface area is 258 Å². The summed E-state index contributed by atoms with van der Waals surface area (Å²) in [6.07, 6.45) is 2.88. The van der Waals surface area contributed by atoms with Crippen LogP contribution in [0.25, 0.3) is 11.0 Å². The lowest BCUT2D eigenvalue weighted by molar-refractivity contribution is -0.127. The molecular weight excluding hydrogens is 590 g/mol. The summed E-state index contributed by atoms with van der Waals surface area (Å²) in [4.78, 5) is 33.9. The number of rotatable bonds is 6. The highest BCUT2D eigenvalue weighted by atomic mass is 35.5. The number of carbonyl (C=O) groups excluding carboxylic acids is 1. The highest BCUT2D eigenvalue weighted by Gasteiger charge is 2.63. The summed E-state index contributed by atoms with van der Waals surface area (Å²) < 4.78 is 18.2. The fourth-order valence-electron chi connectivity index (χ4n) is 7.59. The second kappa shape index (κ2) is 10.3. The average Bonchev–Trinajstić information content (AvgIpc) is 3.65. The summed E-state index contributed by atoms with van der Waals surface area (Å²) in [6, 6.07) is 15.2. The van der Waals surface area contributed by atoms with Crippen molar-refractivity contribution in [2.24, 2.45) is 5.92 Å². The zero-order valence-electron chi connectivity index (χ0n) is 23.8. The minimum absolute atomic E-state index is 0.00134. The number of likely N-dealkylation sites (tertiary alicyclic amines) is 1. The van der Waals surface area contributed by atoms with E-state index in [1.54, 1.807) is 55.5 Å². The maximum atomic E-state index is 16.1. The van der Waals surface area contributed by atoms with E-state index in [9.17, 15) is 14.7 Å².